The van der Waals surface area contributed by atoms with Crippen LogP contribution in [0.4, 0.5) is 0 Å². The average molecular weight is 193 g/mol. The summed E-state index contributed by atoms with van der Waals surface area (Å²) >= 11 is 0. The summed E-state index contributed by atoms with van der Waals surface area (Å²) in [5.74, 6) is 0.766. The summed E-state index contributed by atoms with van der Waals surface area (Å²) in [5.41, 5.74) is 0.423. The lowest BCUT2D eigenvalue weighted by molar-refractivity contribution is 0.373. The Labute approximate surface area is 79.2 Å². The van der Waals surface area contributed by atoms with Crippen LogP contribution in [0.5, 0.6) is 6.01 Å². The van der Waals surface area contributed by atoms with E-state index < -0.39 is 0 Å². The molecule has 2 heterocycles. The fourth-order valence-electron chi connectivity index (χ4n) is 0.856. The molecule has 7 nitrogen and oxygen atoms in total. The highest BCUT2D eigenvalue weighted by atomic mass is 16.5. The molecule has 0 atom stereocenters. The SMILES string of the molecule is COc1ncc(-c2nnc(C)o2)nn1. The predicted molar refractivity (Wildman–Crippen MR) is 44.4 cm³/mol. The van der Waals surface area contributed by atoms with Crippen LogP contribution in [0.2, 0.25) is 0 Å². The number of rotatable bonds is 2. The third-order valence-corrected chi connectivity index (χ3v) is 1.47. The van der Waals surface area contributed by atoms with E-state index in [1.807, 2.05) is 0 Å². The number of hydrogen-bond acceptors (Lipinski definition) is 7. The summed E-state index contributed by atoms with van der Waals surface area (Å²) in [4.78, 5) is 3.86. The molecule has 0 saturated carbocycles. The van der Waals surface area contributed by atoms with Crippen molar-refractivity contribution in [1.29, 1.82) is 0 Å². The Morgan fingerprint density at radius 3 is 2.57 bits per heavy atom. The highest BCUT2D eigenvalue weighted by Crippen LogP contribution is 2.13. The number of ether oxygens (including phenoxy) is 1. The van der Waals surface area contributed by atoms with E-state index in [0.29, 0.717) is 17.5 Å². The monoisotopic (exact) mass is 193 g/mol. The van der Waals surface area contributed by atoms with Crippen molar-refractivity contribution >= 4 is 0 Å². The van der Waals surface area contributed by atoms with Crippen molar-refractivity contribution in [1.82, 2.24) is 25.4 Å². The van der Waals surface area contributed by atoms with Crippen LogP contribution >= 0.6 is 0 Å². The van der Waals surface area contributed by atoms with Crippen LogP contribution in [0.25, 0.3) is 11.6 Å². The fraction of sp³-hybridized carbons (Fsp3) is 0.286. The Morgan fingerprint density at radius 1 is 1.21 bits per heavy atom. The molecule has 72 valence electrons. The van der Waals surface area contributed by atoms with Gasteiger partial charge in [0, 0.05) is 6.92 Å². The van der Waals surface area contributed by atoms with Gasteiger partial charge in [0.25, 0.3) is 5.89 Å². The highest BCUT2D eigenvalue weighted by Gasteiger charge is 2.08. The summed E-state index contributed by atoms with van der Waals surface area (Å²) in [6.45, 7) is 1.70. The first-order valence-corrected chi connectivity index (χ1v) is 3.84. The zero-order chi connectivity index (χ0) is 9.97. The molecule has 0 amide bonds. The molecular weight excluding hydrogens is 186 g/mol. The summed E-state index contributed by atoms with van der Waals surface area (Å²) in [7, 11) is 1.47. The van der Waals surface area contributed by atoms with Crippen LogP contribution in [0.15, 0.2) is 10.6 Å². The molecule has 0 aromatic carbocycles. The first-order valence-electron chi connectivity index (χ1n) is 3.84. The number of aromatic nitrogens is 5. The maximum Gasteiger partial charge on any atom is 0.335 e. The minimum absolute atomic E-state index is 0.199. The normalized spacial score (nSPS) is 10.1. The molecule has 14 heavy (non-hydrogen) atoms. The lowest BCUT2D eigenvalue weighted by Crippen LogP contribution is -1.95. The second kappa shape index (κ2) is 3.36. The maximum absolute atomic E-state index is 5.14. The van der Waals surface area contributed by atoms with Gasteiger partial charge in [-0.3, -0.25) is 0 Å². The highest BCUT2D eigenvalue weighted by molar-refractivity contribution is 5.42. The van der Waals surface area contributed by atoms with Crippen LogP contribution in [0.3, 0.4) is 0 Å². The van der Waals surface area contributed by atoms with Gasteiger partial charge >= 0.3 is 6.01 Å². The van der Waals surface area contributed by atoms with Crippen molar-refractivity contribution in [3.8, 4) is 17.6 Å². The van der Waals surface area contributed by atoms with E-state index in [1.54, 1.807) is 6.92 Å². The molecule has 0 spiro atoms. The van der Waals surface area contributed by atoms with Gasteiger partial charge in [-0.05, 0) is 0 Å². The third-order valence-electron chi connectivity index (χ3n) is 1.47. The van der Waals surface area contributed by atoms with E-state index >= 15 is 0 Å². The first-order chi connectivity index (χ1) is 6.79. The van der Waals surface area contributed by atoms with Crippen molar-refractivity contribution in [2.24, 2.45) is 0 Å². The van der Waals surface area contributed by atoms with E-state index in [1.165, 1.54) is 13.3 Å². The molecular formula is C7H7N5O2. The molecule has 2 aromatic heterocycles. The predicted octanol–water partition coefficient (Wildman–Crippen LogP) is 0.239. The van der Waals surface area contributed by atoms with Crippen molar-refractivity contribution in [2.75, 3.05) is 7.11 Å². The molecule has 7 heteroatoms. The molecule has 0 bridgehead atoms. The van der Waals surface area contributed by atoms with Crippen molar-refractivity contribution < 1.29 is 9.15 Å². The lowest BCUT2D eigenvalue weighted by atomic mass is 10.5. The van der Waals surface area contributed by atoms with E-state index in [2.05, 4.69) is 25.4 Å². The van der Waals surface area contributed by atoms with Gasteiger partial charge in [-0.15, -0.1) is 15.3 Å². The molecule has 0 aliphatic heterocycles. The fourth-order valence-corrected chi connectivity index (χ4v) is 0.856. The number of aryl methyl sites for hydroxylation is 1. The minimum atomic E-state index is 0.199. The van der Waals surface area contributed by atoms with Gasteiger partial charge in [-0.25, -0.2) is 0 Å². The summed E-state index contributed by atoms with van der Waals surface area (Å²) in [6, 6.07) is 0.199. The van der Waals surface area contributed by atoms with E-state index in [9.17, 15) is 0 Å². The molecule has 0 aliphatic rings. The van der Waals surface area contributed by atoms with Crippen molar-refractivity contribution in [3.05, 3.63) is 12.1 Å². The minimum Gasteiger partial charge on any atom is -0.466 e. The summed E-state index contributed by atoms with van der Waals surface area (Å²) in [5, 5.41) is 14.9. The topological polar surface area (TPSA) is 86.8 Å². The maximum atomic E-state index is 5.14. The Hall–Kier alpha value is -2.05. The van der Waals surface area contributed by atoms with Crippen LogP contribution in [0.1, 0.15) is 5.89 Å². The van der Waals surface area contributed by atoms with Gasteiger partial charge in [-0.1, -0.05) is 5.10 Å². The standard InChI is InChI=1S/C7H7N5O2/c1-4-9-11-6(14-4)5-3-8-7(13-2)12-10-5/h3H,1-2H3. The van der Waals surface area contributed by atoms with Gasteiger partial charge in [0.2, 0.25) is 5.89 Å². The van der Waals surface area contributed by atoms with Crippen LogP contribution in [-0.2, 0) is 0 Å². The smallest absolute Gasteiger partial charge is 0.335 e. The Morgan fingerprint density at radius 2 is 2.07 bits per heavy atom. The molecule has 0 saturated heterocycles. The molecule has 0 fully saturated rings. The van der Waals surface area contributed by atoms with E-state index in [-0.39, 0.29) is 6.01 Å². The first kappa shape index (κ1) is 8.54. The van der Waals surface area contributed by atoms with Gasteiger partial charge in [0.15, 0.2) is 5.69 Å². The Kier molecular flexibility index (Phi) is 2.05. The number of methoxy groups -OCH3 is 1. The zero-order valence-corrected chi connectivity index (χ0v) is 7.63. The average Bonchev–Trinajstić information content (AvgIpc) is 2.65. The molecule has 0 N–H and O–H groups in total. The number of nitrogens with zero attached hydrogens (tertiary/aromatic N) is 5. The quantitative estimate of drug-likeness (QED) is 0.674. The van der Waals surface area contributed by atoms with Gasteiger partial charge in [0.1, 0.15) is 0 Å². The molecule has 2 rings (SSSR count). The summed E-state index contributed by atoms with van der Waals surface area (Å²) in [6.07, 6.45) is 1.46. The Balaban J connectivity index is 2.33. The van der Waals surface area contributed by atoms with Crippen LogP contribution in [-0.4, -0.2) is 32.5 Å². The lowest BCUT2D eigenvalue weighted by Gasteiger charge is -1.94. The van der Waals surface area contributed by atoms with Crippen LogP contribution in [0, 0.1) is 6.92 Å². The molecule has 2 aromatic rings. The molecule has 0 aliphatic carbocycles. The Bertz CT molecular complexity index is 424. The second-order valence-corrected chi connectivity index (χ2v) is 2.46. The molecule has 0 radical (unpaired) electrons. The van der Waals surface area contributed by atoms with E-state index in [4.69, 9.17) is 9.15 Å². The van der Waals surface area contributed by atoms with Gasteiger partial charge < -0.3 is 9.15 Å². The van der Waals surface area contributed by atoms with E-state index in [0.717, 1.165) is 0 Å². The molecule has 0 unspecified atom stereocenters. The van der Waals surface area contributed by atoms with Gasteiger partial charge in [-0.2, -0.15) is 4.98 Å². The largest absolute Gasteiger partial charge is 0.466 e. The number of hydrogen-bond donors (Lipinski definition) is 0. The van der Waals surface area contributed by atoms with Crippen molar-refractivity contribution in [2.45, 2.75) is 6.92 Å². The van der Waals surface area contributed by atoms with Gasteiger partial charge in [0.05, 0.1) is 13.3 Å². The van der Waals surface area contributed by atoms with Crippen molar-refractivity contribution in [3.63, 3.8) is 0 Å². The van der Waals surface area contributed by atoms with Crippen LogP contribution < -0.4 is 4.74 Å². The summed E-state index contributed by atoms with van der Waals surface area (Å²) < 4.78 is 9.90. The zero-order valence-electron chi connectivity index (χ0n) is 7.63. The third kappa shape index (κ3) is 1.51. The second-order valence-electron chi connectivity index (χ2n) is 2.46.